The van der Waals surface area contributed by atoms with Crippen molar-refractivity contribution in [1.82, 2.24) is 0 Å². The lowest BCUT2D eigenvalue weighted by Crippen LogP contribution is -2.14. The Morgan fingerprint density at radius 1 is 1.32 bits per heavy atom. The van der Waals surface area contributed by atoms with E-state index in [9.17, 15) is 14.4 Å². The number of rotatable bonds is 7. The van der Waals surface area contributed by atoms with Gasteiger partial charge in [0.25, 0.3) is 0 Å². The number of carbonyl (C=O) groups excluding carboxylic acids is 1. The van der Waals surface area contributed by atoms with Gasteiger partial charge in [0.05, 0.1) is 22.0 Å². The molecular weight excluding hydrogens is 352 g/mol. The van der Waals surface area contributed by atoms with Gasteiger partial charge >= 0.3 is 5.97 Å². The summed E-state index contributed by atoms with van der Waals surface area (Å²) in [5.74, 6) is -1.43. The Balaban J connectivity index is 2.73. The molecule has 3 nitrogen and oxygen atoms in total. The second-order valence-corrected chi connectivity index (χ2v) is 5.86. The highest BCUT2D eigenvalue weighted by molar-refractivity contribution is 6.44. The molecule has 0 fully saturated rings. The van der Waals surface area contributed by atoms with Crippen LogP contribution in [0.25, 0.3) is 0 Å². The summed E-state index contributed by atoms with van der Waals surface area (Å²) < 4.78 is 17.8. The third kappa shape index (κ3) is 5.31. The molecule has 1 aromatic carbocycles. The highest BCUT2D eigenvalue weighted by Gasteiger charge is 2.22. The Morgan fingerprint density at radius 2 is 1.95 bits per heavy atom. The summed E-state index contributed by atoms with van der Waals surface area (Å²) in [5, 5.41) is 10.0. The number of carbonyl (C=O) groups is 1. The van der Waals surface area contributed by atoms with Crippen molar-refractivity contribution < 1.29 is 13.9 Å². The summed E-state index contributed by atoms with van der Waals surface area (Å²) in [7, 11) is 0. The van der Waals surface area contributed by atoms with Gasteiger partial charge in [-0.25, -0.2) is 4.39 Å². The molecule has 0 radical (unpaired) electrons. The minimum atomic E-state index is -1.61. The zero-order valence-electron chi connectivity index (χ0n) is 11.9. The van der Waals surface area contributed by atoms with Crippen LogP contribution >= 0.6 is 34.8 Å². The number of esters is 1. The maximum absolute atomic E-state index is 13.2. The van der Waals surface area contributed by atoms with Crippen LogP contribution in [0.15, 0.2) is 12.1 Å². The van der Waals surface area contributed by atoms with Crippen molar-refractivity contribution in [2.24, 2.45) is 0 Å². The molecule has 7 heteroatoms. The number of nitriles is 1. The molecule has 0 heterocycles. The van der Waals surface area contributed by atoms with E-state index in [1.165, 1.54) is 12.1 Å². The number of benzene rings is 1. The van der Waals surface area contributed by atoms with E-state index < -0.39 is 18.2 Å². The lowest BCUT2D eigenvalue weighted by Gasteiger charge is -2.14. The molecule has 0 amide bonds. The van der Waals surface area contributed by atoms with Crippen LogP contribution in [0.1, 0.15) is 44.1 Å². The zero-order valence-corrected chi connectivity index (χ0v) is 14.2. The van der Waals surface area contributed by atoms with Crippen LogP contribution in [0.5, 0.6) is 0 Å². The average Bonchev–Trinajstić information content (AvgIpc) is 2.46. The smallest absolute Gasteiger partial charge is 0.308 e. The van der Waals surface area contributed by atoms with Crippen LogP contribution in [-0.2, 0) is 9.53 Å². The summed E-state index contributed by atoms with van der Waals surface area (Å²) in [5.41, 5.74) is 0.372. The predicted octanol–water partition coefficient (Wildman–Crippen LogP) is 5.67. The van der Waals surface area contributed by atoms with Crippen LogP contribution in [0.3, 0.4) is 0 Å². The summed E-state index contributed by atoms with van der Waals surface area (Å²) in [6.45, 7) is 1.79. The van der Waals surface area contributed by atoms with Crippen LogP contribution < -0.4 is 0 Å². The van der Waals surface area contributed by atoms with Gasteiger partial charge in [-0.05, 0) is 25.0 Å². The molecule has 0 bridgehead atoms. The molecule has 0 spiro atoms. The van der Waals surface area contributed by atoms with Crippen molar-refractivity contribution in [2.45, 2.75) is 44.9 Å². The SMILES string of the molecule is CCCC(F)OC(=O)CCC(C#N)c1c(Cl)ccc(Cl)c1Cl. The molecule has 120 valence electrons. The third-order valence-corrected chi connectivity index (χ3v) is 4.14. The van der Waals surface area contributed by atoms with E-state index in [0.29, 0.717) is 17.0 Å². The molecule has 2 atom stereocenters. The third-order valence-electron chi connectivity index (χ3n) is 3.00. The predicted molar refractivity (Wildman–Crippen MR) is 85.0 cm³/mol. The van der Waals surface area contributed by atoms with Crippen molar-refractivity contribution in [3.63, 3.8) is 0 Å². The molecule has 0 saturated carbocycles. The van der Waals surface area contributed by atoms with Gasteiger partial charge < -0.3 is 4.74 Å². The fourth-order valence-electron chi connectivity index (χ4n) is 1.89. The summed E-state index contributed by atoms with van der Waals surface area (Å²) in [4.78, 5) is 11.6. The number of alkyl halides is 1. The number of hydrogen-bond donors (Lipinski definition) is 0. The molecule has 0 N–H and O–H groups in total. The molecule has 0 aliphatic rings. The molecular formula is C15H15Cl3FNO2. The molecule has 1 aromatic rings. The zero-order chi connectivity index (χ0) is 16.7. The molecule has 2 unspecified atom stereocenters. The van der Waals surface area contributed by atoms with Gasteiger partial charge in [0.2, 0.25) is 6.36 Å². The monoisotopic (exact) mass is 365 g/mol. The molecule has 0 aliphatic carbocycles. The minimum Gasteiger partial charge on any atom is -0.431 e. The van der Waals surface area contributed by atoms with Crippen LogP contribution in [-0.4, -0.2) is 12.3 Å². The van der Waals surface area contributed by atoms with Crippen LogP contribution in [0, 0.1) is 11.3 Å². The molecule has 0 aliphatic heterocycles. The second-order valence-electron chi connectivity index (χ2n) is 4.67. The van der Waals surface area contributed by atoms with E-state index in [2.05, 4.69) is 4.74 Å². The van der Waals surface area contributed by atoms with Crippen LogP contribution in [0.4, 0.5) is 4.39 Å². The lowest BCUT2D eigenvalue weighted by atomic mass is 9.95. The van der Waals surface area contributed by atoms with Crippen molar-refractivity contribution in [3.8, 4) is 6.07 Å². The lowest BCUT2D eigenvalue weighted by molar-refractivity contribution is -0.158. The van der Waals surface area contributed by atoms with Gasteiger partial charge in [-0.3, -0.25) is 4.79 Å². The van der Waals surface area contributed by atoms with E-state index in [0.717, 1.165) is 0 Å². The second kappa shape index (κ2) is 9.19. The first-order chi connectivity index (χ1) is 10.4. The maximum atomic E-state index is 13.2. The number of halogens is 4. The van der Waals surface area contributed by atoms with E-state index in [4.69, 9.17) is 34.8 Å². The Kier molecular flexibility index (Phi) is 7.95. The van der Waals surface area contributed by atoms with Crippen molar-refractivity contribution in [2.75, 3.05) is 0 Å². The Morgan fingerprint density at radius 3 is 2.55 bits per heavy atom. The van der Waals surface area contributed by atoms with Gasteiger partial charge in [0, 0.05) is 23.4 Å². The highest BCUT2D eigenvalue weighted by atomic mass is 35.5. The topological polar surface area (TPSA) is 50.1 Å². The normalized spacial score (nSPS) is 13.3. The standard InChI is InChI=1S/C15H15Cl3FNO2/c1-2-3-12(19)22-13(21)7-4-9(8-20)14-10(16)5-6-11(17)15(14)18/h5-6,9,12H,2-4,7H2,1H3. The van der Waals surface area contributed by atoms with Crippen molar-refractivity contribution >= 4 is 40.8 Å². The first-order valence-electron chi connectivity index (χ1n) is 6.77. The fourth-order valence-corrected chi connectivity index (χ4v) is 2.68. The minimum absolute atomic E-state index is 0.110. The Labute approximate surface area is 143 Å². The van der Waals surface area contributed by atoms with Crippen molar-refractivity contribution in [3.05, 3.63) is 32.8 Å². The van der Waals surface area contributed by atoms with E-state index in [1.54, 1.807) is 6.92 Å². The molecule has 22 heavy (non-hydrogen) atoms. The largest absolute Gasteiger partial charge is 0.431 e. The van der Waals surface area contributed by atoms with Gasteiger partial charge in [0.15, 0.2) is 0 Å². The molecule has 1 rings (SSSR count). The molecule has 0 saturated heterocycles. The highest BCUT2D eigenvalue weighted by Crippen LogP contribution is 2.38. The molecule has 0 aromatic heterocycles. The van der Waals surface area contributed by atoms with Crippen molar-refractivity contribution in [1.29, 1.82) is 5.26 Å². The average molecular weight is 367 g/mol. The first kappa shape index (κ1) is 19.0. The Bertz CT molecular complexity index is 575. The van der Waals surface area contributed by atoms with Crippen LogP contribution in [0.2, 0.25) is 15.1 Å². The van der Waals surface area contributed by atoms with E-state index in [1.807, 2.05) is 6.07 Å². The van der Waals surface area contributed by atoms with E-state index in [-0.39, 0.29) is 29.3 Å². The Hall–Kier alpha value is -1.02. The van der Waals surface area contributed by atoms with Gasteiger partial charge in [-0.2, -0.15) is 5.26 Å². The fraction of sp³-hybridized carbons (Fsp3) is 0.467. The van der Waals surface area contributed by atoms with E-state index >= 15 is 0 Å². The first-order valence-corrected chi connectivity index (χ1v) is 7.90. The van der Waals surface area contributed by atoms with Gasteiger partial charge in [-0.1, -0.05) is 41.7 Å². The number of ether oxygens (including phenoxy) is 1. The summed E-state index contributed by atoms with van der Waals surface area (Å²) in [6, 6.07) is 5.09. The van der Waals surface area contributed by atoms with Gasteiger partial charge in [0.1, 0.15) is 0 Å². The quantitative estimate of drug-likeness (QED) is 0.461. The number of nitrogens with zero attached hydrogens (tertiary/aromatic N) is 1. The summed E-state index contributed by atoms with van der Waals surface area (Å²) >= 11 is 18.0. The maximum Gasteiger partial charge on any atom is 0.308 e. The van der Waals surface area contributed by atoms with Gasteiger partial charge in [-0.15, -0.1) is 0 Å². The number of hydrogen-bond acceptors (Lipinski definition) is 3. The summed E-state index contributed by atoms with van der Waals surface area (Å²) in [6.07, 6.45) is -0.880.